The predicted molar refractivity (Wildman–Crippen MR) is 135 cm³/mol. The van der Waals surface area contributed by atoms with E-state index in [-0.39, 0.29) is 0 Å². The smallest absolute Gasteiger partial charge is 0.228 e. The summed E-state index contributed by atoms with van der Waals surface area (Å²) in [6, 6.07) is 16.5. The van der Waals surface area contributed by atoms with Crippen LogP contribution >= 0.6 is 34.5 Å². The standard InChI is InChI=1S/C24H24Cl2N4S/c1-15-13-19-22(28-24(30(2)3)29-23(19)31-15)27-12-4-5-16-6-8-17(9-7-16)18-10-11-20(25)21(26)14-18/h6-11,13-14H,4-5,12H2,1-3H3,(H,27,28,29). The van der Waals surface area contributed by atoms with E-state index >= 15 is 0 Å². The Kier molecular flexibility index (Phi) is 6.65. The third kappa shape index (κ3) is 5.12. The van der Waals surface area contributed by atoms with Crippen LogP contribution in [-0.2, 0) is 6.42 Å². The first-order valence-electron chi connectivity index (χ1n) is 10.1. The number of nitrogens with one attached hydrogen (secondary N) is 1. The molecule has 0 fully saturated rings. The normalized spacial score (nSPS) is 11.1. The molecule has 4 aromatic rings. The number of anilines is 2. The summed E-state index contributed by atoms with van der Waals surface area (Å²) < 4.78 is 0. The lowest BCUT2D eigenvalue weighted by molar-refractivity contribution is 0.858. The molecule has 0 aliphatic carbocycles. The van der Waals surface area contributed by atoms with Gasteiger partial charge < -0.3 is 10.2 Å². The van der Waals surface area contributed by atoms with Crippen molar-refractivity contribution in [1.82, 2.24) is 9.97 Å². The summed E-state index contributed by atoms with van der Waals surface area (Å²) in [6.07, 6.45) is 2.00. The Hall–Kier alpha value is -2.34. The second-order valence-corrected chi connectivity index (χ2v) is 9.75. The van der Waals surface area contributed by atoms with E-state index in [1.54, 1.807) is 11.3 Å². The number of hydrogen-bond acceptors (Lipinski definition) is 5. The Bertz CT molecular complexity index is 1200. The van der Waals surface area contributed by atoms with E-state index in [0.717, 1.165) is 52.5 Å². The first-order valence-corrected chi connectivity index (χ1v) is 11.7. The maximum Gasteiger partial charge on any atom is 0.228 e. The Morgan fingerprint density at radius 3 is 2.39 bits per heavy atom. The second kappa shape index (κ2) is 9.43. The monoisotopic (exact) mass is 470 g/mol. The number of aryl methyl sites for hydroxylation is 2. The zero-order chi connectivity index (χ0) is 22.0. The van der Waals surface area contributed by atoms with Gasteiger partial charge in [0.25, 0.3) is 0 Å². The van der Waals surface area contributed by atoms with Gasteiger partial charge in [0.2, 0.25) is 5.95 Å². The average molecular weight is 471 g/mol. The Labute approximate surface area is 196 Å². The van der Waals surface area contributed by atoms with E-state index in [2.05, 4.69) is 47.6 Å². The molecule has 0 saturated heterocycles. The minimum absolute atomic E-state index is 0.575. The van der Waals surface area contributed by atoms with Crippen LogP contribution in [0.1, 0.15) is 16.9 Å². The van der Waals surface area contributed by atoms with Gasteiger partial charge in [-0.15, -0.1) is 11.3 Å². The van der Waals surface area contributed by atoms with Crippen LogP contribution < -0.4 is 10.2 Å². The van der Waals surface area contributed by atoms with Crippen molar-refractivity contribution in [3.63, 3.8) is 0 Å². The fourth-order valence-corrected chi connectivity index (χ4v) is 4.58. The van der Waals surface area contributed by atoms with Crippen molar-refractivity contribution < 1.29 is 0 Å². The van der Waals surface area contributed by atoms with Gasteiger partial charge in [0, 0.05) is 25.5 Å². The highest BCUT2D eigenvalue weighted by Crippen LogP contribution is 2.31. The molecular weight excluding hydrogens is 447 g/mol. The van der Waals surface area contributed by atoms with Crippen LogP contribution in [-0.4, -0.2) is 30.6 Å². The number of thiophene rings is 1. The van der Waals surface area contributed by atoms with Crippen molar-refractivity contribution in [1.29, 1.82) is 0 Å². The predicted octanol–water partition coefficient (Wildman–Crippen LogP) is 7.08. The van der Waals surface area contributed by atoms with Crippen molar-refractivity contribution in [3.05, 3.63) is 69.0 Å². The highest BCUT2D eigenvalue weighted by atomic mass is 35.5. The lowest BCUT2D eigenvalue weighted by Crippen LogP contribution is -2.14. The molecule has 0 unspecified atom stereocenters. The molecule has 31 heavy (non-hydrogen) atoms. The third-order valence-electron chi connectivity index (χ3n) is 5.05. The first kappa shape index (κ1) is 21.9. The molecule has 2 heterocycles. The summed E-state index contributed by atoms with van der Waals surface area (Å²) in [6.45, 7) is 2.95. The molecule has 2 aromatic carbocycles. The number of benzene rings is 2. The van der Waals surface area contributed by atoms with Crippen LogP contribution in [0.25, 0.3) is 21.3 Å². The molecule has 0 spiro atoms. The van der Waals surface area contributed by atoms with E-state index in [0.29, 0.717) is 10.0 Å². The van der Waals surface area contributed by atoms with Crippen molar-refractivity contribution in [2.75, 3.05) is 30.9 Å². The number of halogens is 2. The molecule has 0 atom stereocenters. The minimum Gasteiger partial charge on any atom is -0.369 e. The molecule has 0 radical (unpaired) electrons. The molecule has 4 nitrogen and oxygen atoms in total. The lowest BCUT2D eigenvalue weighted by atomic mass is 10.0. The van der Waals surface area contributed by atoms with Gasteiger partial charge in [-0.05, 0) is 54.7 Å². The van der Waals surface area contributed by atoms with Gasteiger partial charge in [0.1, 0.15) is 10.6 Å². The molecular formula is C24H24Cl2N4S. The third-order valence-corrected chi connectivity index (χ3v) is 6.73. The zero-order valence-electron chi connectivity index (χ0n) is 17.7. The van der Waals surface area contributed by atoms with Crippen LogP contribution in [0, 0.1) is 6.92 Å². The van der Waals surface area contributed by atoms with Gasteiger partial charge in [-0.3, -0.25) is 0 Å². The summed E-state index contributed by atoms with van der Waals surface area (Å²) in [5, 5.41) is 5.76. The minimum atomic E-state index is 0.575. The molecule has 0 saturated carbocycles. The summed E-state index contributed by atoms with van der Waals surface area (Å²) in [4.78, 5) is 13.6. The number of nitrogens with zero attached hydrogens (tertiary/aromatic N) is 3. The summed E-state index contributed by atoms with van der Waals surface area (Å²) in [7, 11) is 3.93. The van der Waals surface area contributed by atoms with Crippen LogP contribution in [0.2, 0.25) is 10.0 Å². The quantitative estimate of drug-likeness (QED) is 0.292. The first-order chi connectivity index (χ1) is 14.9. The van der Waals surface area contributed by atoms with Crippen LogP contribution in [0.15, 0.2) is 48.5 Å². The van der Waals surface area contributed by atoms with E-state index in [9.17, 15) is 0 Å². The maximum atomic E-state index is 6.14. The molecule has 0 aliphatic rings. The van der Waals surface area contributed by atoms with E-state index in [1.807, 2.05) is 37.2 Å². The Morgan fingerprint density at radius 2 is 1.68 bits per heavy atom. The Morgan fingerprint density at radius 1 is 0.935 bits per heavy atom. The Balaban J connectivity index is 1.38. The molecule has 0 amide bonds. The van der Waals surface area contributed by atoms with Crippen molar-refractivity contribution in [2.24, 2.45) is 0 Å². The van der Waals surface area contributed by atoms with Gasteiger partial charge >= 0.3 is 0 Å². The zero-order valence-corrected chi connectivity index (χ0v) is 20.1. The highest BCUT2D eigenvalue weighted by Gasteiger charge is 2.11. The highest BCUT2D eigenvalue weighted by molar-refractivity contribution is 7.18. The lowest BCUT2D eigenvalue weighted by Gasteiger charge is -2.13. The van der Waals surface area contributed by atoms with Gasteiger partial charge in [0.05, 0.1) is 15.4 Å². The fraction of sp³-hybridized carbons (Fsp3) is 0.250. The topological polar surface area (TPSA) is 41.1 Å². The molecule has 7 heteroatoms. The molecule has 4 rings (SSSR count). The number of fused-ring (bicyclic) bond motifs is 1. The van der Waals surface area contributed by atoms with Crippen molar-refractivity contribution in [2.45, 2.75) is 19.8 Å². The van der Waals surface area contributed by atoms with E-state index < -0.39 is 0 Å². The molecule has 2 aromatic heterocycles. The van der Waals surface area contributed by atoms with Gasteiger partial charge in [-0.1, -0.05) is 53.5 Å². The SMILES string of the molecule is Cc1cc2c(NCCCc3ccc(-c4ccc(Cl)c(Cl)c4)cc3)nc(N(C)C)nc2s1. The summed E-state index contributed by atoms with van der Waals surface area (Å²) in [5.74, 6) is 1.64. The number of rotatable bonds is 7. The molecule has 0 bridgehead atoms. The summed E-state index contributed by atoms with van der Waals surface area (Å²) in [5.41, 5.74) is 3.50. The molecule has 0 aliphatic heterocycles. The molecule has 1 N–H and O–H groups in total. The van der Waals surface area contributed by atoms with Crippen molar-refractivity contribution in [3.8, 4) is 11.1 Å². The van der Waals surface area contributed by atoms with Crippen molar-refractivity contribution >= 4 is 56.5 Å². The summed E-state index contributed by atoms with van der Waals surface area (Å²) >= 11 is 13.9. The van der Waals surface area contributed by atoms with Gasteiger partial charge in [-0.2, -0.15) is 4.98 Å². The van der Waals surface area contributed by atoms with Crippen LogP contribution in [0.4, 0.5) is 11.8 Å². The van der Waals surface area contributed by atoms with E-state index in [1.165, 1.54) is 10.4 Å². The van der Waals surface area contributed by atoms with E-state index in [4.69, 9.17) is 28.2 Å². The number of aromatic nitrogens is 2. The fourth-order valence-electron chi connectivity index (χ4n) is 3.40. The molecule has 160 valence electrons. The van der Waals surface area contributed by atoms with Crippen LogP contribution in [0.3, 0.4) is 0 Å². The largest absolute Gasteiger partial charge is 0.369 e. The number of hydrogen-bond donors (Lipinski definition) is 1. The van der Waals surface area contributed by atoms with Gasteiger partial charge in [0.15, 0.2) is 0 Å². The van der Waals surface area contributed by atoms with Gasteiger partial charge in [-0.25, -0.2) is 4.98 Å². The second-order valence-electron chi connectivity index (χ2n) is 7.70. The average Bonchev–Trinajstić information content (AvgIpc) is 3.13. The maximum absolute atomic E-state index is 6.14. The van der Waals surface area contributed by atoms with Crippen LogP contribution in [0.5, 0.6) is 0 Å².